The molecule has 0 radical (unpaired) electrons. The zero-order valence-corrected chi connectivity index (χ0v) is 7.83. The molecule has 7 heteroatoms. The van der Waals surface area contributed by atoms with E-state index in [1.165, 1.54) is 7.11 Å². The number of halogens is 2. The number of carbonyl (C=O) groups is 1. The minimum absolute atomic E-state index is 0.222. The number of amides is 1. The van der Waals surface area contributed by atoms with Gasteiger partial charge in [-0.1, -0.05) is 0 Å². The van der Waals surface area contributed by atoms with Crippen molar-refractivity contribution in [2.24, 2.45) is 5.73 Å². The number of aromatic nitrogens is 1. The maximum Gasteiger partial charge on any atom is 0.271 e. The Balaban J connectivity index is 3.39. The number of carbonyl (C=O) groups excluding carboxylic acids is 1. The average Bonchev–Trinajstić information content (AvgIpc) is 2.16. The van der Waals surface area contributed by atoms with Gasteiger partial charge < -0.3 is 16.2 Å². The molecule has 0 aliphatic carbocycles. The first kappa shape index (κ1) is 11.2. The molecule has 1 amide bonds. The van der Waals surface area contributed by atoms with Crippen LogP contribution < -0.4 is 16.2 Å². The summed E-state index contributed by atoms with van der Waals surface area (Å²) < 4.78 is 29.5. The van der Waals surface area contributed by atoms with Crippen LogP contribution in [0.3, 0.4) is 0 Å². The normalized spacial score (nSPS) is 10.4. The second-order valence-electron chi connectivity index (χ2n) is 2.67. The van der Waals surface area contributed by atoms with Crippen molar-refractivity contribution >= 4 is 11.6 Å². The summed E-state index contributed by atoms with van der Waals surface area (Å²) in [7, 11) is 1.19. The minimum Gasteiger partial charge on any atom is -0.492 e. The van der Waals surface area contributed by atoms with Gasteiger partial charge >= 0.3 is 0 Å². The second-order valence-corrected chi connectivity index (χ2v) is 2.67. The molecule has 1 heterocycles. The molecule has 0 aliphatic heterocycles. The van der Waals surface area contributed by atoms with Crippen LogP contribution in [0, 0.1) is 0 Å². The van der Waals surface area contributed by atoms with E-state index < -0.39 is 17.9 Å². The van der Waals surface area contributed by atoms with E-state index in [1.807, 2.05) is 0 Å². The number of methoxy groups -OCH3 is 1. The lowest BCUT2D eigenvalue weighted by Crippen LogP contribution is -2.16. The van der Waals surface area contributed by atoms with Crippen LogP contribution in [-0.2, 0) is 0 Å². The van der Waals surface area contributed by atoms with Crippen molar-refractivity contribution in [3.63, 3.8) is 0 Å². The monoisotopic (exact) mass is 217 g/mol. The van der Waals surface area contributed by atoms with Gasteiger partial charge in [-0.2, -0.15) is 0 Å². The summed E-state index contributed by atoms with van der Waals surface area (Å²) in [4.78, 5) is 14.3. The highest BCUT2D eigenvalue weighted by Gasteiger charge is 2.21. The van der Waals surface area contributed by atoms with Gasteiger partial charge in [0, 0.05) is 6.20 Å². The molecule has 0 unspecified atom stereocenters. The van der Waals surface area contributed by atoms with Gasteiger partial charge in [0.05, 0.1) is 18.4 Å². The number of pyridine rings is 1. The maximum atomic E-state index is 12.4. The SMILES string of the molecule is COc1c(C(N)=O)ncc(C(F)F)c1N. The van der Waals surface area contributed by atoms with Crippen molar-refractivity contribution in [1.82, 2.24) is 4.98 Å². The van der Waals surface area contributed by atoms with E-state index in [0.29, 0.717) is 0 Å². The van der Waals surface area contributed by atoms with E-state index in [2.05, 4.69) is 4.98 Å². The van der Waals surface area contributed by atoms with Crippen molar-refractivity contribution in [2.45, 2.75) is 6.43 Å². The molecular weight excluding hydrogens is 208 g/mol. The van der Waals surface area contributed by atoms with E-state index in [9.17, 15) is 13.6 Å². The van der Waals surface area contributed by atoms with Gasteiger partial charge in [-0.3, -0.25) is 4.79 Å². The molecule has 1 aromatic rings. The zero-order chi connectivity index (χ0) is 11.6. The molecule has 0 atom stereocenters. The standard InChI is InChI=1S/C8H9F2N3O2/c1-15-6-4(11)3(7(9)10)2-13-5(6)8(12)14/h2,7H,1H3,(H2,11,13)(H2,12,14). The fourth-order valence-corrected chi connectivity index (χ4v) is 1.08. The van der Waals surface area contributed by atoms with Crippen molar-refractivity contribution < 1.29 is 18.3 Å². The molecule has 0 aliphatic rings. The lowest BCUT2D eigenvalue weighted by molar-refractivity contribution is 0.0991. The van der Waals surface area contributed by atoms with Crippen LogP contribution in [0.1, 0.15) is 22.5 Å². The van der Waals surface area contributed by atoms with Crippen LogP contribution in [-0.4, -0.2) is 18.0 Å². The Morgan fingerprint density at radius 1 is 1.60 bits per heavy atom. The number of hydrogen-bond donors (Lipinski definition) is 2. The minimum atomic E-state index is -2.78. The highest BCUT2D eigenvalue weighted by Crippen LogP contribution is 2.33. The van der Waals surface area contributed by atoms with Gasteiger partial charge in [-0.25, -0.2) is 13.8 Å². The molecule has 0 saturated carbocycles. The Bertz CT molecular complexity index is 396. The van der Waals surface area contributed by atoms with Gasteiger partial charge in [-0.15, -0.1) is 0 Å². The van der Waals surface area contributed by atoms with Crippen LogP contribution in [0.2, 0.25) is 0 Å². The number of nitrogens with two attached hydrogens (primary N) is 2. The molecule has 15 heavy (non-hydrogen) atoms. The molecule has 0 saturated heterocycles. The van der Waals surface area contributed by atoms with Crippen LogP contribution >= 0.6 is 0 Å². The molecule has 1 aromatic heterocycles. The van der Waals surface area contributed by atoms with Crippen molar-refractivity contribution in [2.75, 3.05) is 12.8 Å². The molecule has 0 aromatic carbocycles. The fraction of sp³-hybridized carbons (Fsp3) is 0.250. The van der Waals surface area contributed by atoms with E-state index in [4.69, 9.17) is 16.2 Å². The van der Waals surface area contributed by atoms with Crippen molar-refractivity contribution in [1.29, 1.82) is 0 Å². The summed E-state index contributed by atoms with van der Waals surface area (Å²) in [5, 5.41) is 0. The van der Waals surface area contributed by atoms with Gasteiger partial charge in [0.2, 0.25) is 0 Å². The molecule has 0 spiro atoms. The number of rotatable bonds is 3. The number of nitrogens with zero attached hydrogens (tertiary/aromatic N) is 1. The quantitative estimate of drug-likeness (QED) is 0.779. The molecular formula is C8H9F2N3O2. The van der Waals surface area contributed by atoms with Gasteiger partial charge in [-0.05, 0) is 0 Å². The molecule has 4 N–H and O–H groups in total. The zero-order valence-electron chi connectivity index (χ0n) is 7.83. The summed E-state index contributed by atoms with van der Waals surface area (Å²) in [6.45, 7) is 0. The van der Waals surface area contributed by atoms with E-state index in [-0.39, 0.29) is 17.1 Å². The molecule has 0 bridgehead atoms. The second kappa shape index (κ2) is 4.07. The number of nitrogen functional groups attached to an aromatic ring is 1. The van der Waals surface area contributed by atoms with Gasteiger partial charge in [0.25, 0.3) is 12.3 Å². The first-order chi connectivity index (χ1) is 6.99. The van der Waals surface area contributed by atoms with Crippen LogP contribution in [0.4, 0.5) is 14.5 Å². The highest BCUT2D eigenvalue weighted by molar-refractivity contribution is 5.95. The Morgan fingerprint density at radius 3 is 2.60 bits per heavy atom. The van der Waals surface area contributed by atoms with Crippen LogP contribution in [0.5, 0.6) is 5.75 Å². The number of hydrogen-bond acceptors (Lipinski definition) is 4. The molecule has 5 nitrogen and oxygen atoms in total. The summed E-state index contributed by atoms with van der Waals surface area (Å²) >= 11 is 0. The van der Waals surface area contributed by atoms with Gasteiger partial charge in [0.15, 0.2) is 11.4 Å². The van der Waals surface area contributed by atoms with Crippen LogP contribution in [0.25, 0.3) is 0 Å². The van der Waals surface area contributed by atoms with Crippen molar-refractivity contribution in [3.05, 3.63) is 17.5 Å². The number of ether oxygens (including phenoxy) is 1. The smallest absolute Gasteiger partial charge is 0.271 e. The first-order valence-corrected chi connectivity index (χ1v) is 3.89. The summed E-state index contributed by atoms with van der Waals surface area (Å²) in [6, 6.07) is 0. The molecule has 1 rings (SSSR count). The third-order valence-electron chi connectivity index (χ3n) is 1.78. The summed E-state index contributed by atoms with van der Waals surface area (Å²) in [6.07, 6.45) is -1.98. The number of anilines is 1. The number of primary amides is 1. The summed E-state index contributed by atoms with van der Waals surface area (Å²) in [5.74, 6) is -1.11. The molecule has 0 fully saturated rings. The van der Waals surface area contributed by atoms with Gasteiger partial charge in [0.1, 0.15) is 0 Å². The third kappa shape index (κ3) is 1.95. The molecule has 82 valence electrons. The van der Waals surface area contributed by atoms with E-state index >= 15 is 0 Å². The third-order valence-corrected chi connectivity index (χ3v) is 1.78. The highest BCUT2D eigenvalue weighted by atomic mass is 19.3. The Labute approximate surface area is 84.0 Å². The summed E-state index contributed by atoms with van der Waals surface area (Å²) in [5.41, 5.74) is 9.26. The predicted molar refractivity (Wildman–Crippen MR) is 48.7 cm³/mol. The fourth-order valence-electron chi connectivity index (χ4n) is 1.08. The van der Waals surface area contributed by atoms with Crippen LogP contribution in [0.15, 0.2) is 6.20 Å². The largest absolute Gasteiger partial charge is 0.492 e. The topological polar surface area (TPSA) is 91.2 Å². The number of alkyl halides is 2. The maximum absolute atomic E-state index is 12.4. The van der Waals surface area contributed by atoms with E-state index in [1.54, 1.807) is 0 Å². The predicted octanol–water partition coefficient (Wildman–Crippen LogP) is 0.709. The Hall–Kier alpha value is -1.92. The van der Waals surface area contributed by atoms with Crippen molar-refractivity contribution in [3.8, 4) is 5.75 Å². The average molecular weight is 217 g/mol. The first-order valence-electron chi connectivity index (χ1n) is 3.89. The lowest BCUT2D eigenvalue weighted by atomic mass is 10.2. The Kier molecular flexibility index (Phi) is 3.03. The Morgan fingerprint density at radius 2 is 2.20 bits per heavy atom. The lowest BCUT2D eigenvalue weighted by Gasteiger charge is -2.11. The van der Waals surface area contributed by atoms with E-state index in [0.717, 1.165) is 6.20 Å².